The molecule has 0 saturated carbocycles. The fourth-order valence-electron chi connectivity index (χ4n) is 3.77. The summed E-state index contributed by atoms with van der Waals surface area (Å²) in [6.45, 7) is 2.65. The lowest BCUT2D eigenvalue weighted by atomic mass is 10.1. The predicted octanol–water partition coefficient (Wildman–Crippen LogP) is 5.69. The largest absolute Gasteiger partial charge is 0.492 e. The van der Waals surface area contributed by atoms with Gasteiger partial charge >= 0.3 is 0 Å². The van der Waals surface area contributed by atoms with Crippen molar-refractivity contribution in [2.45, 2.75) is 13.5 Å². The highest BCUT2D eigenvalue weighted by Gasteiger charge is 2.16. The van der Waals surface area contributed by atoms with Crippen molar-refractivity contribution < 1.29 is 19.5 Å². The van der Waals surface area contributed by atoms with Crippen LogP contribution in [-0.2, 0) is 11.4 Å². The van der Waals surface area contributed by atoms with Gasteiger partial charge in [-0.3, -0.25) is 14.8 Å². The van der Waals surface area contributed by atoms with E-state index in [0.29, 0.717) is 56.7 Å². The number of likely N-dealkylation sites (N-methyl/N-ethyl adjacent to an activating group) is 1. The third-order valence-electron chi connectivity index (χ3n) is 5.59. The zero-order valence-electron chi connectivity index (χ0n) is 21.9. The van der Waals surface area contributed by atoms with E-state index in [1.807, 2.05) is 25.1 Å². The summed E-state index contributed by atoms with van der Waals surface area (Å²) >= 11 is 6.50. The van der Waals surface area contributed by atoms with Crippen molar-refractivity contribution in [1.82, 2.24) is 15.0 Å². The lowest BCUT2D eigenvalue weighted by Crippen LogP contribution is -2.14. The van der Waals surface area contributed by atoms with E-state index in [0.717, 1.165) is 10.8 Å². The lowest BCUT2D eigenvalue weighted by Gasteiger charge is -2.16. The molecule has 11 heteroatoms. The number of nitrogens with one attached hydrogen (secondary N) is 2. The SMILES string of the molecule is CCOc1cc2ncc(C#N)c(Nc3ccc(OCc4ccccn4)c(Cl)c3)c2cc1NC(=O)/C=C/CN(C)O. The Kier molecular flexibility index (Phi) is 9.48. The van der Waals surface area contributed by atoms with Gasteiger partial charge < -0.3 is 25.3 Å². The van der Waals surface area contributed by atoms with Gasteiger partial charge in [0.25, 0.3) is 0 Å². The van der Waals surface area contributed by atoms with E-state index in [4.69, 9.17) is 21.1 Å². The van der Waals surface area contributed by atoms with Crippen LogP contribution >= 0.6 is 11.6 Å². The summed E-state index contributed by atoms with van der Waals surface area (Å²) in [6, 6.07) is 16.4. The molecule has 2 heterocycles. The zero-order valence-corrected chi connectivity index (χ0v) is 22.6. The molecule has 40 heavy (non-hydrogen) atoms. The molecule has 204 valence electrons. The molecule has 0 aliphatic rings. The van der Waals surface area contributed by atoms with Gasteiger partial charge in [-0.15, -0.1) is 0 Å². The number of rotatable bonds is 11. The fraction of sp³-hybridized carbons (Fsp3) is 0.172. The number of carbonyl (C=O) groups excluding carboxylic acids is 1. The minimum Gasteiger partial charge on any atom is -0.492 e. The zero-order chi connectivity index (χ0) is 28.5. The summed E-state index contributed by atoms with van der Waals surface area (Å²) in [5.41, 5.74) is 3.13. The molecule has 0 atom stereocenters. The molecule has 1 amide bonds. The van der Waals surface area contributed by atoms with Gasteiger partial charge in [0.15, 0.2) is 0 Å². The number of nitriles is 1. The Morgan fingerprint density at radius 1 is 1.18 bits per heavy atom. The van der Waals surface area contributed by atoms with Crippen LogP contribution in [0.2, 0.25) is 5.02 Å². The number of benzene rings is 2. The first kappa shape index (κ1) is 28.3. The van der Waals surface area contributed by atoms with Gasteiger partial charge in [-0.05, 0) is 43.3 Å². The number of nitrogens with zero attached hydrogens (tertiary/aromatic N) is 4. The number of hydrogen-bond acceptors (Lipinski definition) is 9. The smallest absolute Gasteiger partial charge is 0.248 e. The molecule has 10 nitrogen and oxygen atoms in total. The van der Waals surface area contributed by atoms with Crippen molar-refractivity contribution in [1.29, 1.82) is 5.26 Å². The summed E-state index contributed by atoms with van der Waals surface area (Å²) in [5.74, 6) is 0.510. The Labute approximate surface area is 236 Å². The van der Waals surface area contributed by atoms with Crippen molar-refractivity contribution in [3.05, 3.63) is 89.4 Å². The third kappa shape index (κ3) is 7.24. The minimum atomic E-state index is -0.408. The van der Waals surface area contributed by atoms with Crippen LogP contribution in [-0.4, -0.2) is 46.3 Å². The van der Waals surface area contributed by atoms with Crippen LogP contribution in [0.15, 0.2) is 73.1 Å². The van der Waals surface area contributed by atoms with Gasteiger partial charge in [-0.2, -0.15) is 10.3 Å². The van der Waals surface area contributed by atoms with Crippen molar-refractivity contribution in [3.63, 3.8) is 0 Å². The highest BCUT2D eigenvalue weighted by Crippen LogP contribution is 2.37. The molecule has 0 aliphatic heterocycles. The van der Waals surface area contributed by atoms with Crippen molar-refractivity contribution in [2.75, 3.05) is 30.8 Å². The number of pyridine rings is 2. The number of carbonyl (C=O) groups is 1. The molecule has 0 bridgehead atoms. The summed E-state index contributed by atoms with van der Waals surface area (Å²) in [7, 11) is 1.48. The predicted molar refractivity (Wildman–Crippen MR) is 153 cm³/mol. The normalized spacial score (nSPS) is 11.0. The van der Waals surface area contributed by atoms with Crippen LogP contribution < -0.4 is 20.1 Å². The van der Waals surface area contributed by atoms with Gasteiger partial charge in [0.2, 0.25) is 5.91 Å². The summed E-state index contributed by atoms with van der Waals surface area (Å²) in [5, 5.41) is 27.1. The number of hydrogen-bond donors (Lipinski definition) is 3. The maximum absolute atomic E-state index is 12.5. The molecule has 0 unspecified atom stereocenters. The van der Waals surface area contributed by atoms with Gasteiger partial charge in [0, 0.05) is 49.2 Å². The first-order chi connectivity index (χ1) is 19.4. The summed E-state index contributed by atoms with van der Waals surface area (Å²) in [4.78, 5) is 21.2. The third-order valence-corrected chi connectivity index (χ3v) is 5.88. The molecule has 3 N–H and O–H groups in total. The van der Waals surface area contributed by atoms with Crippen LogP contribution in [0.5, 0.6) is 11.5 Å². The molecule has 2 aromatic heterocycles. The van der Waals surface area contributed by atoms with Gasteiger partial charge in [-0.1, -0.05) is 23.7 Å². The highest BCUT2D eigenvalue weighted by atomic mass is 35.5. The van der Waals surface area contributed by atoms with Crippen LogP contribution in [0.3, 0.4) is 0 Å². The second-order valence-corrected chi connectivity index (χ2v) is 8.98. The van der Waals surface area contributed by atoms with Crippen LogP contribution in [0.25, 0.3) is 10.9 Å². The summed E-state index contributed by atoms with van der Waals surface area (Å²) in [6.07, 6.45) is 6.00. The molecule has 0 fully saturated rings. The molecule has 0 aliphatic carbocycles. The maximum Gasteiger partial charge on any atom is 0.248 e. The van der Waals surface area contributed by atoms with E-state index in [2.05, 4.69) is 26.7 Å². The molecular formula is C29H27ClN6O4. The van der Waals surface area contributed by atoms with E-state index >= 15 is 0 Å². The lowest BCUT2D eigenvalue weighted by molar-refractivity contribution is -0.112. The Balaban J connectivity index is 1.64. The maximum atomic E-state index is 12.5. The number of hydroxylamine groups is 2. The number of fused-ring (bicyclic) bond motifs is 1. The van der Waals surface area contributed by atoms with Gasteiger partial charge in [-0.25, -0.2) is 0 Å². The minimum absolute atomic E-state index is 0.183. The molecule has 4 aromatic rings. The average molecular weight is 559 g/mol. The second-order valence-electron chi connectivity index (χ2n) is 8.57. The first-order valence-corrected chi connectivity index (χ1v) is 12.7. The van der Waals surface area contributed by atoms with Crippen LogP contribution in [0.1, 0.15) is 18.2 Å². The molecule has 0 radical (unpaired) electrons. The molecule has 0 spiro atoms. The highest BCUT2D eigenvalue weighted by molar-refractivity contribution is 6.32. The molecule has 0 saturated heterocycles. The quantitative estimate of drug-likeness (QED) is 0.157. The molecule has 4 rings (SSSR count). The number of halogens is 1. The number of amides is 1. The van der Waals surface area contributed by atoms with Crippen LogP contribution in [0.4, 0.5) is 17.1 Å². The molecule has 2 aromatic carbocycles. The Bertz CT molecular complexity index is 1570. The van der Waals surface area contributed by atoms with E-state index in [-0.39, 0.29) is 13.2 Å². The second kappa shape index (κ2) is 13.4. The monoisotopic (exact) mass is 558 g/mol. The van der Waals surface area contributed by atoms with E-state index in [1.165, 1.54) is 25.4 Å². The Hall–Kier alpha value is -4.69. The Morgan fingerprint density at radius 3 is 2.73 bits per heavy atom. The van der Waals surface area contributed by atoms with Gasteiger partial charge in [0.1, 0.15) is 24.2 Å². The van der Waals surface area contributed by atoms with Crippen molar-refractivity contribution >= 4 is 45.5 Å². The fourth-order valence-corrected chi connectivity index (χ4v) is 4.01. The van der Waals surface area contributed by atoms with E-state index in [1.54, 1.807) is 36.5 Å². The van der Waals surface area contributed by atoms with Gasteiger partial charge in [0.05, 0.1) is 39.8 Å². The van der Waals surface area contributed by atoms with Crippen molar-refractivity contribution in [2.24, 2.45) is 0 Å². The molecular weight excluding hydrogens is 532 g/mol. The average Bonchev–Trinajstić information content (AvgIpc) is 2.94. The van der Waals surface area contributed by atoms with Crippen molar-refractivity contribution in [3.8, 4) is 17.6 Å². The standard InChI is InChI=1S/C29H27ClN6O4/c1-3-39-27-15-24-22(14-25(27)35-28(37)8-6-12-36(2)38)29(19(16-31)17-33-24)34-20-9-10-26(23(30)13-20)40-18-21-7-4-5-11-32-21/h4-11,13-15,17,38H,3,12,18H2,1-2H3,(H,33,34)(H,35,37)/b8-6+. The van der Waals surface area contributed by atoms with E-state index in [9.17, 15) is 15.3 Å². The number of aromatic nitrogens is 2. The van der Waals surface area contributed by atoms with E-state index < -0.39 is 5.91 Å². The first-order valence-electron chi connectivity index (χ1n) is 12.3. The number of ether oxygens (including phenoxy) is 2. The van der Waals surface area contributed by atoms with Crippen LogP contribution in [0, 0.1) is 11.3 Å². The topological polar surface area (TPSA) is 133 Å². The number of anilines is 3. The summed E-state index contributed by atoms with van der Waals surface area (Å²) < 4.78 is 11.6. The Morgan fingerprint density at radius 2 is 2.02 bits per heavy atom.